The van der Waals surface area contributed by atoms with Gasteiger partial charge in [0.15, 0.2) is 14.1 Å². The van der Waals surface area contributed by atoms with E-state index in [4.69, 9.17) is 13.7 Å². The van der Waals surface area contributed by atoms with Crippen LogP contribution in [0.3, 0.4) is 0 Å². The predicted octanol–water partition coefficient (Wildman–Crippen LogP) is 5.88. The standard InChI is InChI=1S/C23H30N2O3Si/c1-23(2,3)29(4,5)27-12-11-20-14-22(28-25-20)19-13-21(16-24-15-19)26-17-18-9-7-6-8-10-18/h6-10,13-16H,11-12,17H2,1-5H3. The van der Waals surface area contributed by atoms with Gasteiger partial charge in [-0.05, 0) is 29.8 Å². The van der Waals surface area contributed by atoms with Crippen LogP contribution in [-0.2, 0) is 17.5 Å². The van der Waals surface area contributed by atoms with Crippen LogP contribution in [0.1, 0.15) is 32.0 Å². The normalized spacial score (nSPS) is 12.2. The smallest absolute Gasteiger partial charge is 0.191 e. The Labute approximate surface area is 174 Å². The van der Waals surface area contributed by atoms with Crippen LogP contribution in [0.4, 0.5) is 0 Å². The predicted molar refractivity (Wildman–Crippen MR) is 117 cm³/mol. The maximum absolute atomic E-state index is 6.23. The first-order valence-electron chi connectivity index (χ1n) is 9.96. The van der Waals surface area contributed by atoms with Gasteiger partial charge in [0.05, 0.1) is 11.9 Å². The highest BCUT2D eigenvalue weighted by atomic mass is 28.4. The van der Waals surface area contributed by atoms with Crippen molar-refractivity contribution in [2.75, 3.05) is 6.61 Å². The summed E-state index contributed by atoms with van der Waals surface area (Å²) in [7, 11) is -1.75. The summed E-state index contributed by atoms with van der Waals surface area (Å²) in [6.45, 7) is 12.4. The highest BCUT2D eigenvalue weighted by Gasteiger charge is 2.36. The van der Waals surface area contributed by atoms with Crippen LogP contribution in [0.2, 0.25) is 18.1 Å². The zero-order valence-electron chi connectivity index (χ0n) is 17.9. The van der Waals surface area contributed by atoms with Gasteiger partial charge in [-0.2, -0.15) is 0 Å². The molecule has 0 amide bonds. The van der Waals surface area contributed by atoms with Crippen LogP contribution in [-0.4, -0.2) is 25.1 Å². The summed E-state index contributed by atoms with van der Waals surface area (Å²) < 4.78 is 17.6. The van der Waals surface area contributed by atoms with Gasteiger partial charge >= 0.3 is 0 Å². The second-order valence-electron chi connectivity index (χ2n) is 8.72. The first-order chi connectivity index (χ1) is 13.7. The molecule has 0 aliphatic rings. The molecule has 0 aliphatic carbocycles. The number of nitrogens with zero attached hydrogens (tertiary/aromatic N) is 2. The van der Waals surface area contributed by atoms with Crippen molar-refractivity contribution in [1.82, 2.24) is 10.1 Å². The number of hydrogen-bond donors (Lipinski definition) is 0. The molecule has 5 nitrogen and oxygen atoms in total. The molecule has 0 aliphatic heterocycles. The molecule has 0 unspecified atom stereocenters. The van der Waals surface area contributed by atoms with E-state index in [0.717, 1.165) is 23.2 Å². The Balaban J connectivity index is 1.58. The molecule has 0 saturated heterocycles. The summed E-state index contributed by atoms with van der Waals surface area (Å²) in [6.07, 6.45) is 4.19. The average Bonchev–Trinajstić information content (AvgIpc) is 3.15. The maximum atomic E-state index is 6.23. The third-order valence-electron chi connectivity index (χ3n) is 5.43. The van der Waals surface area contributed by atoms with Gasteiger partial charge in [-0.25, -0.2) is 0 Å². The van der Waals surface area contributed by atoms with E-state index in [0.29, 0.717) is 24.7 Å². The zero-order valence-corrected chi connectivity index (χ0v) is 18.9. The van der Waals surface area contributed by atoms with E-state index in [9.17, 15) is 0 Å². The fourth-order valence-electron chi connectivity index (χ4n) is 2.57. The molecule has 0 fully saturated rings. The van der Waals surface area contributed by atoms with Crippen LogP contribution in [0.25, 0.3) is 11.3 Å². The largest absolute Gasteiger partial charge is 0.487 e. The molecule has 2 aromatic heterocycles. The average molecular weight is 411 g/mol. The van der Waals surface area contributed by atoms with Gasteiger partial charge < -0.3 is 13.7 Å². The van der Waals surface area contributed by atoms with Crippen molar-refractivity contribution < 1.29 is 13.7 Å². The summed E-state index contributed by atoms with van der Waals surface area (Å²) in [4.78, 5) is 4.27. The van der Waals surface area contributed by atoms with Gasteiger partial charge in [0.25, 0.3) is 0 Å². The molecule has 0 N–H and O–H groups in total. The molecule has 2 heterocycles. The van der Waals surface area contributed by atoms with Crippen molar-refractivity contribution in [3.63, 3.8) is 0 Å². The fraction of sp³-hybridized carbons (Fsp3) is 0.391. The lowest BCUT2D eigenvalue weighted by atomic mass is 10.2. The lowest BCUT2D eigenvalue weighted by Gasteiger charge is -2.36. The second-order valence-corrected chi connectivity index (χ2v) is 13.5. The van der Waals surface area contributed by atoms with Gasteiger partial charge in [0.1, 0.15) is 12.4 Å². The molecular formula is C23H30N2O3Si. The van der Waals surface area contributed by atoms with E-state index in [1.165, 1.54) is 0 Å². The first kappa shape index (κ1) is 21.3. The topological polar surface area (TPSA) is 57.4 Å². The van der Waals surface area contributed by atoms with Gasteiger partial charge in [-0.1, -0.05) is 56.3 Å². The van der Waals surface area contributed by atoms with Crippen LogP contribution in [0, 0.1) is 0 Å². The number of pyridine rings is 1. The Bertz CT molecular complexity index is 917. The number of aromatic nitrogens is 2. The molecule has 6 heteroatoms. The third kappa shape index (κ3) is 5.77. The molecule has 3 aromatic rings. The van der Waals surface area contributed by atoms with Gasteiger partial charge in [-0.3, -0.25) is 4.98 Å². The number of benzene rings is 1. The molecular weight excluding hydrogens is 380 g/mol. The van der Waals surface area contributed by atoms with Crippen LogP contribution in [0.15, 0.2) is 59.4 Å². The van der Waals surface area contributed by atoms with E-state index in [1.54, 1.807) is 12.4 Å². The van der Waals surface area contributed by atoms with Gasteiger partial charge in [0, 0.05) is 30.9 Å². The number of ether oxygens (including phenoxy) is 1. The Hall–Kier alpha value is -2.44. The van der Waals surface area contributed by atoms with Crippen molar-refractivity contribution in [1.29, 1.82) is 0 Å². The summed E-state index contributed by atoms with van der Waals surface area (Å²) >= 11 is 0. The molecule has 0 spiro atoms. The minimum absolute atomic E-state index is 0.202. The molecule has 0 saturated carbocycles. The van der Waals surface area contributed by atoms with Gasteiger partial charge in [0.2, 0.25) is 0 Å². The lowest BCUT2D eigenvalue weighted by molar-refractivity contribution is 0.288. The second kappa shape index (κ2) is 8.92. The quantitative estimate of drug-likeness (QED) is 0.434. The highest BCUT2D eigenvalue weighted by molar-refractivity contribution is 6.74. The van der Waals surface area contributed by atoms with Gasteiger partial charge in [-0.15, -0.1) is 0 Å². The molecule has 0 radical (unpaired) electrons. The number of rotatable bonds is 8. The molecule has 29 heavy (non-hydrogen) atoms. The fourth-order valence-corrected chi connectivity index (χ4v) is 3.61. The van der Waals surface area contributed by atoms with Crippen molar-refractivity contribution in [2.45, 2.75) is 51.9 Å². The zero-order chi connectivity index (χ0) is 20.9. The third-order valence-corrected chi connectivity index (χ3v) is 9.97. The maximum Gasteiger partial charge on any atom is 0.191 e. The molecule has 1 aromatic carbocycles. The Morgan fingerprint density at radius 2 is 1.79 bits per heavy atom. The lowest BCUT2D eigenvalue weighted by Crippen LogP contribution is -2.41. The summed E-state index contributed by atoms with van der Waals surface area (Å²) in [6, 6.07) is 13.9. The molecule has 0 bridgehead atoms. The van der Waals surface area contributed by atoms with Crippen molar-refractivity contribution in [3.05, 3.63) is 66.1 Å². The highest BCUT2D eigenvalue weighted by Crippen LogP contribution is 2.36. The van der Waals surface area contributed by atoms with E-state index in [-0.39, 0.29) is 5.04 Å². The SMILES string of the molecule is CC(C)(C)[Si](C)(C)OCCc1cc(-c2cncc(OCc3ccccc3)c2)on1. The Morgan fingerprint density at radius 3 is 2.52 bits per heavy atom. The van der Waals surface area contributed by atoms with Crippen molar-refractivity contribution in [2.24, 2.45) is 0 Å². The number of hydrogen-bond acceptors (Lipinski definition) is 5. The van der Waals surface area contributed by atoms with E-state index >= 15 is 0 Å². The van der Waals surface area contributed by atoms with E-state index in [1.807, 2.05) is 42.5 Å². The summed E-state index contributed by atoms with van der Waals surface area (Å²) in [5, 5.41) is 4.39. The first-order valence-corrected chi connectivity index (χ1v) is 12.9. The monoisotopic (exact) mass is 410 g/mol. The minimum atomic E-state index is -1.75. The Morgan fingerprint density at radius 1 is 1.03 bits per heavy atom. The van der Waals surface area contributed by atoms with E-state index in [2.05, 4.69) is 44.0 Å². The van der Waals surface area contributed by atoms with Crippen LogP contribution in [0.5, 0.6) is 5.75 Å². The summed E-state index contributed by atoms with van der Waals surface area (Å²) in [5.41, 5.74) is 2.84. The minimum Gasteiger partial charge on any atom is -0.487 e. The molecule has 154 valence electrons. The summed E-state index contributed by atoms with van der Waals surface area (Å²) in [5.74, 6) is 1.38. The molecule has 0 atom stereocenters. The Kier molecular flexibility index (Phi) is 6.55. The van der Waals surface area contributed by atoms with Crippen LogP contribution >= 0.6 is 0 Å². The van der Waals surface area contributed by atoms with Crippen molar-refractivity contribution >= 4 is 8.32 Å². The van der Waals surface area contributed by atoms with Crippen LogP contribution < -0.4 is 4.74 Å². The van der Waals surface area contributed by atoms with Crippen molar-refractivity contribution in [3.8, 4) is 17.1 Å². The van der Waals surface area contributed by atoms with E-state index < -0.39 is 8.32 Å². The molecule has 3 rings (SSSR count).